The molecule has 1 saturated carbocycles. The molecule has 4 heteroatoms. The second-order valence-electron chi connectivity index (χ2n) is 7.92. The number of carbonyl (C=O) groups is 1. The van der Waals surface area contributed by atoms with Crippen molar-refractivity contribution in [1.29, 1.82) is 0 Å². The number of carboxylic acid groups (broad SMARTS) is 1. The average molecular weight is 389 g/mol. The van der Waals surface area contributed by atoms with Crippen molar-refractivity contribution in [3.8, 4) is 5.75 Å². The highest BCUT2D eigenvalue weighted by atomic mass is 16.5. The van der Waals surface area contributed by atoms with E-state index in [1.165, 1.54) is 21.9 Å². The molecule has 1 unspecified atom stereocenters. The van der Waals surface area contributed by atoms with Gasteiger partial charge in [0.25, 0.3) is 0 Å². The summed E-state index contributed by atoms with van der Waals surface area (Å²) in [7, 11) is 0. The first kappa shape index (κ1) is 19.5. The van der Waals surface area contributed by atoms with Crippen molar-refractivity contribution in [2.24, 2.45) is 0 Å². The predicted molar refractivity (Wildman–Crippen MR) is 115 cm³/mol. The molecule has 0 spiro atoms. The lowest BCUT2D eigenvalue weighted by molar-refractivity contribution is -0.139. The highest BCUT2D eigenvalue weighted by Crippen LogP contribution is 2.36. The van der Waals surface area contributed by atoms with Gasteiger partial charge in [0.05, 0.1) is 0 Å². The molecule has 29 heavy (non-hydrogen) atoms. The third-order valence-corrected chi connectivity index (χ3v) is 5.92. The molecule has 0 bridgehead atoms. The topological polar surface area (TPSA) is 58.6 Å². The van der Waals surface area contributed by atoms with Gasteiger partial charge in [0.15, 0.2) is 6.61 Å². The van der Waals surface area contributed by atoms with Gasteiger partial charge < -0.3 is 15.2 Å². The van der Waals surface area contributed by atoms with Crippen LogP contribution in [-0.2, 0) is 4.79 Å². The molecule has 0 radical (unpaired) electrons. The van der Waals surface area contributed by atoms with Crippen molar-refractivity contribution < 1.29 is 14.6 Å². The first-order chi connectivity index (χ1) is 14.1. The van der Waals surface area contributed by atoms with Gasteiger partial charge in [-0.2, -0.15) is 0 Å². The summed E-state index contributed by atoms with van der Waals surface area (Å²) in [5, 5.41) is 15.2. The van der Waals surface area contributed by atoms with Crippen LogP contribution in [0.3, 0.4) is 0 Å². The molecule has 3 aromatic rings. The minimum atomic E-state index is -0.959. The highest BCUT2D eigenvalue weighted by molar-refractivity contribution is 5.86. The largest absolute Gasteiger partial charge is 0.482 e. The van der Waals surface area contributed by atoms with Crippen molar-refractivity contribution in [3.05, 3.63) is 77.9 Å². The number of ether oxygens (including phenoxy) is 1. The van der Waals surface area contributed by atoms with Gasteiger partial charge >= 0.3 is 5.97 Å². The molecule has 2 N–H and O–H groups in total. The second kappa shape index (κ2) is 8.66. The molecular formula is C25H27NO3. The third-order valence-electron chi connectivity index (χ3n) is 5.92. The van der Waals surface area contributed by atoms with E-state index in [0.717, 1.165) is 19.3 Å². The molecule has 4 rings (SSSR count). The highest BCUT2D eigenvalue weighted by Gasteiger charge is 2.27. The number of rotatable bonds is 7. The van der Waals surface area contributed by atoms with Crippen LogP contribution in [0.4, 0.5) is 0 Å². The van der Waals surface area contributed by atoms with Crippen LogP contribution in [-0.4, -0.2) is 23.7 Å². The number of hydrogen-bond donors (Lipinski definition) is 2. The number of carboxylic acids is 1. The Hall–Kier alpha value is -2.85. The van der Waals surface area contributed by atoms with E-state index in [4.69, 9.17) is 9.84 Å². The summed E-state index contributed by atoms with van der Waals surface area (Å²) in [5.74, 6) is 0.174. The molecule has 150 valence electrons. The van der Waals surface area contributed by atoms with Gasteiger partial charge in [-0.1, -0.05) is 54.6 Å². The molecule has 1 aliphatic carbocycles. The van der Waals surface area contributed by atoms with Gasteiger partial charge in [0.2, 0.25) is 0 Å². The Balaban J connectivity index is 1.38. The Morgan fingerprint density at radius 2 is 1.83 bits per heavy atom. The monoisotopic (exact) mass is 389 g/mol. The summed E-state index contributed by atoms with van der Waals surface area (Å²) < 4.78 is 5.23. The maximum Gasteiger partial charge on any atom is 0.341 e. The Morgan fingerprint density at radius 1 is 1.07 bits per heavy atom. The van der Waals surface area contributed by atoms with Crippen LogP contribution in [0, 0.1) is 0 Å². The van der Waals surface area contributed by atoms with E-state index in [9.17, 15) is 4.79 Å². The number of fused-ring (bicyclic) bond motifs is 1. The van der Waals surface area contributed by atoms with Gasteiger partial charge in [0.1, 0.15) is 5.75 Å². The van der Waals surface area contributed by atoms with Gasteiger partial charge in [-0.3, -0.25) is 0 Å². The van der Waals surface area contributed by atoms with Gasteiger partial charge in [-0.25, -0.2) is 4.79 Å². The molecule has 0 saturated heterocycles. The fourth-order valence-corrected chi connectivity index (χ4v) is 4.49. The summed E-state index contributed by atoms with van der Waals surface area (Å²) in [6, 6.07) is 23.8. The van der Waals surface area contributed by atoms with Gasteiger partial charge in [-0.05, 0) is 66.1 Å². The third kappa shape index (κ3) is 4.60. The van der Waals surface area contributed by atoms with Crippen molar-refractivity contribution in [2.75, 3.05) is 6.61 Å². The average Bonchev–Trinajstić information content (AvgIpc) is 3.20. The fraction of sp³-hybridized carbons (Fsp3) is 0.320. The van der Waals surface area contributed by atoms with E-state index in [1.54, 1.807) is 0 Å². The molecule has 4 nitrogen and oxygen atoms in total. The van der Waals surface area contributed by atoms with Gasteiger partial charge in [0, 0.05) is 12.1 Å². The van der Waals surface area contributed by atoms with E-state index in [0.29, 0.717) is 23.8 Å². The Bertz CT molecular complexity index is 978. The lowest BCUT2D eigenvalue weighted by Gasteiger charge is -2.21. The normalized spacial score (nSPS) is 19.9. The van der Waals surface area contributed by atoms with E-state index >= 15 is 0 Å². The number of aliphatic carboxylic acids is 1. The van der Waals surface area contributed by atoms with Crippen molar-refractivity contribution in [3.63, 3.8) is 0 Å². The SMILES string of the molecule is C[C@@H](NC1CC[C@@H](c2ccc(OCC(=O)O)cc2)C1)c1cccc2ccccc12. The van der Waals surface area contributed by atoms with Crippen LogP contribution in [0.2, 0.25) is 0 Å². The van der Waals surface area contributed by atoms with Crippen molar-refractivity contribution in [2.45, 2.75) is 44.2 Å². The molecule has 3 atom stereocenters. The maximum absolute atomic E-state index is 10.6. The molecule has 0 amide bonds. The second-order valence-corrected chi connectivity index (χ2v) is 7.92. The van der Waals surface area contributed by atoms with Crippen LogP contribution in [0.5, 0.6) is 5.75 Å². The summed E-state index contributed by atoms with van der Waals surface area (Å²) in [4.78, 5) is 10.6. The molecule has 3 aromatic carbocycles. The molecule has 0 heterocycles. The fourth-order valence-electron chi connectivity index (χ4n) is 4.49. The first-order valence-corrected chi connectivity index (χ1v) is 10.3. The van der Waals surface area contributed by atoms with Crippen LogP contribution in [0.25, 0.3) is 10.8 Å². The summed E-state index contributed by atoms with van der Waals surface area (Å²) >= 11 is 0. The van der Waals surface area contributed by atoms with E-state index in [2.05, 4.69) is 66.8 Å². The minimum absolute atomic E-state index is 0.302. The predicted octanol–water partition coefficient (Wildman–Crippen LogP) is 5.29. The van der Waals surface area contributed by atoms with Crippen LogP contribution in [0.1, 0.15) is 49.3 Å². The van der Waals surface area contributed by atoms with E-state index < -0.39 is 5.97 Å². The van der Waals surface area contributed by atoms with Crippen LogP contribution >= 0.6 is 0 Å². The molecule has 1 fully saturated rings. The summed E-state index contributed by atoms with van der Waals surface area (Å²) in [5.41, 5.74) is 2.65. The minimum Gasteiger partial charge on any atom is -0.482 e. The molecular weight excluding hydrogens is 362 g/mol. The van der Waals surface area contributed by atoms with Crippen LogP contribution in [0.15, 0.2) is 66.7 Å². The van der Waals surface area contributed by atoms with E-state index in [1.807, 2.05) is 12.1 Å². The lowest BCUT2D eigenvalue weighted by atomic mass is 9.96. The van der Waals surface area contributed by atoms with Crippen LogP contribution < -0.4 is 10.1 Å². The Morgan fingerprint density at radius 3 is 2.62 bits per heavy atom. The van der Waals surface area contributed by atoms with E-state index in [-0.39, 0.29) is 6.61 Å². The summed E-state index contributed by atoms with van der Waals surface area (Å²) in [6.07, 6.45) is 3.44. The first-order valence-electron chi connectivity index (χ1n) is 10.3. The molecule has 0 aromatic heterocycles. The quantitative estimate of drug-likeness (QED) is 0.576. The number of nitrogens with one attached hydrogen (secondary N) is 1. The lowest BCUT2D eigenvalue weighted by Crippen LogP contribution is -2.29. The number of benzene rings is 3. The maximum atomic E-state index is 10.6. The molecule has 0 aliphatic heterocycles. The zero-order valence-electron chi connectivity index (χ0n) is 16.7. The van der Waals surface area contributed by atoms with Gasteiger partial charge in [-0.15, -0.1) is 0 Å². The summed E-state index contributed by atoms with van der Waals surface area (Å²) in [6.45, 7) is 1.95. The zero-order chi connectivity index (χ0) is 20.2. The molecule has 1 aliphatic rings. The number of hydrogen-bond acceptors (Lipinski definition) is 3. The van der Waals surface area contributed by atoms with Crippen molar-refractivity contribution >= 4 is 16.7 Å². The smallest absolute Gasteiger partial charge is 0.341 e. The Labute approximate surface area is 171 Å². The van der Waals surface area contributed by atoms with Crippen molar-refractivity contribution in [1.82, 2.24) is 5.32 Å². The standard InChI is InChI=1S/C25H27NO3/c1-17(23-8-4-6-19-5-2-3-7-24(19)23)26-21-12-9-20(15-21)18-10-13-22(14-11-18)29-16-25(27)28/h2-8,10-11,13-14,17,20-21,26H,9,12,15-16H2,1H3,(H,27,28)/t17-,20-,21?/m1/s1. The Kier molecular flexibility index (Phi) is 5.81. The zero-order valence-corrected chi connectivity index (χ0v) is 16.7.